The normalized spacial score (nSPS) is 11.1. The molecule has 0 aliphatic carbocycles. The van der Waals surface area contributed by atoms with E-state index in [9.17, 15) is 9.59 Å². The summed E-state index contributed by atoms with van der Waals surface area (Å²) in [5.74, 6) is -0.251. The summed E-state index contributed by atoms with van der Waals surface area (Å²) in [6, 6.07) is 15.4. The smallest absolute Gasteiger partial charge is 0.274 e. The summed E-state index contributed by atoms with van der Waals surface area (Å²) in [5.41, 5.74) is 2.53. The molecule has 0 aliphatic heterocycles. The molecule has 0 unspecified atom stereocenters. The van der Waals surface area contributed by atoms with E-state index in [4.69, 9.17) is 0 Å². The van der Waals surface area contributed by atoms with Gasteiger partial charge in [0.2, 0.25) is 0 Å². The van der Waals surface area contributed by atoms with Gasteiger partial charge in [0.1, 0.15) is 0 Å². The van der Waals surface area contributed by atoms with Gasteiger partial charge in [-0.3, -0.25) is 9.59 Å². The van der Waals surface area contributed by atoms with E-state index in [1.807, 2.05) is 34.0 Å². The Labute approximate surface area is 171 Å². The molecule has 2 aromatic carbocycles. The van der Waals surface area contributed by atoms with Crippen molar-refractivity contribution in [1.82, 2.24) is 15.1 Å². The van der Waals surface area contributed by atoms with Gasteiger partial charge in [0.05, 0.1) is 11.4 Å². The minimum atomic E-state index is -0.251. The van der Waals surface area contributed by atoms with Gasteiger partial charge in [-0.2, -0.15) is 5.10 Å². The van der Waals surface area contributed by atoms with E-state index in [-0.39, 0.29) is 17.5 Å². The number of fused-ring (bicyclic) bond motifs is 1. The van der Waals surface area contributed by atoms with Crippen LogP contribution in [0.4, 0.5) is 5.69 Å². The molecule has 1 amide bonds. The molecule has 0 fully saturated rings. The van der Waals surface area contributed by atoms with Gasteiger partial charge in [-0.15, -0.1) is 0 Å². The first kappa shape index (κ1) is 20.6. The first-order chi connectivity index (χ1) is 13.9. The number of benzene rings is 2. The summed E-state index contributed by atoms with van der Waals surface area (Å²) >= 11 is 0. The number of aromatic nitrogens is 2. The Bertz CT molecular complexity index is 1050. The predicted octanol–water partition coefficient (Wildman–Crippen LogP) is 3.41. The van der Waals surface area contributed by atoms with E-state index < -0.39 is 0 Å². The largest absolute Gasteiger partial charge is 0.378 e. The van der Waals surface area contributed by atoms with E-state index >= 15 is 0 Å². The molecule has 6 nitrogen and oxygen atoms in total. The molecule has 1 N–H and O–H groups in total. The topological polar surface area (TPSA) is 67.2 Å². The van der Waals surface area contributed by atoms with Crippen LogP contribution in [0.3, 0.4) is 0 Å². The van der Waals surface area contributed by atoms with Crippen LogP contribution in [0, 0.1) is 0 Å². The lowest BCUT2D eigenvalue weighted by atomic mass is 10.1. The zero-order valence-corrected chi connectivity index (χ0v) is 17.5. The zero-order valence-electron chi connectivity index (χ0n) is 17.5. The van der Waals surface area contributed by atoms with Crippen molar-refractivity contribution in [3.63, 3.8) is 0 Å². The first-order valence-electron chi connectivity index (χ1n) is 9.94. The third-order valence-electron chi connectivity index (χ3n) is 4.91. The van der Waals surface area contributed by atoms with Crippen molar-refractivity contribution in [2.45, 2.75) is 32.7 Å². The SMILES string of the molecule is CC(C)n1nc(C(=O)NCCCc2ccc(N(C)C)cc2)c2ccccc2c1=O. The van der Waals surface area contributed by atoms with Crippen LogP contribution in [-0.4, -0.2) is 36.3 Å². The molecule has 1 heterocycles. The summed E-state index contributed by atoms with van der Waals surface area (Å²) in [4.78, 5) is 27.4. The minimum Gasteiger partial charge on any atom is -0.378 e. The van der Waals surface area contributed by atoms with Gasteiger partial charge in [-0.25, -0.2) is 4.68 Å². The van der Waals surface area contributed by atoms with Gasteiger partial charge in [0.15, 0.2) is 5.69 Å². The van der Waals surface area contributed by atoms with Crippen LogP contribution in [0.15, 0.2) is 53.3 Å². The Balaban J connectivity index is 1.68. The molecule has 0 atom stereocenters. The highest BCUT2D eigenvalue weighted by atomic mass is 16.2. The molecule has 0 aliphatic rings. The van der Waals surface area contributed by atoms with Crippen molar-refractivity contribution in [3.05, 3.63) is 70.1 Å². The molecule has 29 heavy (non-hydrogen) atoms. The maximum Gasteiger partial charge on any atom is 0.274 e. The third kappa shape index (κ3) is 4.65. The molecule has 0 radical (unpaired) electrons. The second-order valence-electron chi connectivity index (χ2n) is 7.66. The second kappa shape index (κ2) is 8.90. The fourth-order valence-corrected chi connectivity index (χ4v) is 3.26. The number of aryl methyl sites for hydroxylation is 1. The number of hydrogen-bond acceptors (Lipinski definition) is 4. The van der Waals surface area contributed by atoms with Gasteiger partial charge in [-0.1, -0.05) is 30.3 Å². The molecule has 0 saturated heterocycles. The fourth-order valence-electron chi connectivity index (χ4n) is 3.26. The molecular formula is C23H28N4O2. The number of nitrogens with one attached hydrogen (secondary N) is 1. The van der Waals surface area contributed by atoms with E-state index in [1.54, 1.807) is 18.2 Å². The lowest BCUT2D eigenvalue weighted by Gasteiger charge is -2.14. The number of anilines is 1. The highest BCUT2D eigenvalue weighted by Crippen LogP contribution is 2.15. The average molecular weight is 393 g/mol. The maximum absolute atomic E-state index is 12.8. The summed E-state index contributed by atoms with van der Waals surface area (Å²) in [6.45, 7) is 4.31. The zero-order chi connectivity index (χ0) is 21.0. The van der Waals surface area contributed by atoms with Crippen LogP contribution in [-0.2, 0) is 6.42 Å². The Morgan fingerprint density at radius 3 is 2.34 bits per heavy atom. The number of rotatable bonds is 7. The summed E-state index contributed by atoms with van der Waals surface area (Å²) in [5, 5.41) is 8.41. The van der Waals surface area contributed by atoms with Crippen molar-refractivity contribution < 1.29 is 4.79 Å². The van der Waals surface area contributed by atoms with Gasteiger partial charge >= 0.3 is 0 Å². The number of hydrogen-bond donors (Lipinski definition) is 1. The Kier molecular flexibility index (Phi) is 6.32. The molecule has 152 valence electrons. The van der Waals surface area contributed by atoms with Crippen LogP contribution in [0.25, 0.3) is 10.8 Å². The number of carbonyl (C=O) groups excluding carboxylic acids is 1. The first-order valence-corrected chi connectivity index (χ1v) is 9.94. The molecule has 0 bridgehead atoms. The van der Waals surface area contributed by atoms with Crippen LogP contribution in [0.2, 0.25) is 0 Å². The van der Waals surface area contributed by atoms with Crippen LogP contribution in [0.5, 0.6) is 0 Å². The van der Waals surface area contributed by atoms with Crippen molar-refractivity contribution in [1.29, 1.82) is 0 Å². The number of amides is 1. The van der Waals surface area contributed by atoms with E-state index in [1.165, 1.54) is 15.9 Å². The van der Waals surface area contributed by atoms with Crippen molar-refractivity contribution >= 4 is 22.4 Å². The monoisotopic (exact) mass is 392 g/mol. The summed E-state index contributed by atoms with van der Waals surface area (Å²) in [7, 11) is 4.04. The van der Waals surface area contributed by atoms with Crippen molar-refractivity contribution in [2.75, 3.05) is 25.5 Å². The third-order valence-corrected chi connectivity index (χ3v) is 4.91. The van der Waals surface area contributed by atoms with E-state index in [0.29, 0.717) is 23.0 Å². The summed E-state index contributed by atoms with van der Waals surface area (Å²) in [6.07, 6.45) is 1.71. The van der Waals surface area contributed by atoms with E-state index in [0.717, 1.165) is 12.8 Å². The van der Waals surface area contributed by atoms with Crippen LogP contribution >= 0.6 is 0 Å². The number of nitrogens with zero attached hydrogens (tertiary/aromatic N) is 3. The Morgan fingerprint density at radius 1 is 1.07 bits per heavy atom. The minimum absolute atomic E-state index is 0.121. The van der Waals surface area contributed by atoms with Gasteiger partial charge in [0, 0.05) is 31.7 Å². The second-order valence-corrected chi connectivity index (χ2v) is 7.66. The quantitative estimate of drug-likeness (QED) is 0.626. The van der Waals surface area contributed by atoms with Crippen molar-refractivity contribution in [3.8, 4) is 0 Å². The van der Waals surface area contributed by atoms with Crippen LogP contribution in [0.1, 0.15) is 42.4 Å². The van der Waals surface area contributed by atoms with E-state index in [2.05, 4.69) is 39.6 Å². The average Bonchev–Trinajstić information content (AvgIpc) is 2.71. The van der Waals surface area contributed by atoms with Gasteiger partial charge < -0.3 is 10.2 Å². The maximum atomic E-state index is 12.8. The lowest BCUT2D eigenvalue weighted by molar-refractivity contribution is 0.0947. The molecular weight excluding hydrogens is 364 g/mol. The number of carbonyl (C=O) groups is 1. The predicted molar refractivity (Wildman–Crippen MR) is 118 cm³/mol. The highest BCUT2D eigenvalue weighted by Gasteiger charge is 2.17. The lowest BCUT2D eigenvalue weighted by Crippen LogP contribution is -2.32. The standard InChI is InChI=1S/C23H28N4O2/c1-16(2)27-23(29)20-10-6-5-9-19(20)21(25-27)22(28)24-15-7-8-17-11-13-18(14-12-17)26(3)4/h5-6,9-14,16H,7-8,15H2,1-4H3,(H,24,28). The molecule has 1 aromatic heterocycles. The molecule has 3 aromatic rings. The molecule has 6 heteroatoms. The Hall–Kier alpha value is -3.15. The Morgan fingerprint density at radius 2 is 1.72 bits per heavy atom. The van der Waals surface area contributed by atoms with Crippen LogP contribution < -0.4 is 15.8 Å². The molecule has 0 saturated carbocycles. The molecule has 0 spiro atoms. The molecule has 3 rings (SSSR count). The highest BCUT2D eigenvalue weighted by molar-refractivity contribution is 6.04. The summed E-state index contributed by atoms with van der Waals surface area (Å²) < 4.78 is 1.38. The fraction of sp³-hybridized carbons (Fsp3) is 0.348. The van der Waals surface area contributed by atoms with Gasteiger partial charge in [0.25, 0.3) is 11.5 Å². The van der Waals surface area contributed by atoms with Gasteiger partial charge in [-0.05, 0) is 50.5 Å². The van der Waals surface area contributed by atoms with Crippen molar-refractivity contribution in [2.24, 2.45) is 0 Å².